The van der Waals surface area contributed by atoms with Gasteiger partial charge in [-0.25, -0.2) is 8.78 Å². The van der Waals surface area contributed by atoms with E-state index in [1.54, 1.807) is 0 Å². The molecule has 1 aliphatic rings. The molecule has 0 radical (unpaired) electrons. The summed E-state index contributed by atoms with van der Waals surface area (Å²) in [4.78, 5) is 0. The van der Waals surface area contributed by atoms with E-state index in [9.17, 15) is 8.78 Å². The van der Waals surface area contributed by atoms with Crippen molar-refractivity contribution >= 4 is 0 Å². The lowest BCUT2D eigenvalue weighted by Crippen LogP contribution is -2.43. The number of alkyl halides is 2. The molecular weight excluding hydrogens is 170 g/mol. The van der Waals surface area contributed by atoms with Crippen LogP contribution in [0.2, 0.25) is 0 Å². The smallest absolute Gasteiger partial charge is 0.207 e. The number of halogens is 2. The first-order chi connectivity index (χ1) is 5.87. The molecule has 0 unspecified atom stereocenters. The Morgan fingerprint density at radius 2 is 1.85 bits per heavy atom. The minimum atomic E-state index is -2.35. The molecule has 0 atom stereocenters. The molecule has 0 N–H and O–H groups in total. The van der Waals surface area contributed by atoms with Crippen LogP contribution >= 0.6 is 0 Å². The lowest BCUT2D eigenvalue weighted by Gasteiger charge is -2.45. The molecule has 0 aliphatic heterocycles. The minimum absolute atomic E-state index is 0.115. The third kappa shape index (κ3) is 2.65. The summed E-state index contributed by atoms with van der Waals surface area (Å²) in [6.07, 6.45) is 3.64. The molecule has 78 valence electrons. The maximum absolute atomic E-state index is 12.6. The van der Waals surface area contributed by atoms with Gasteiger partial charge in [-0.2, -0.15) is 0 Å². The third-order valence-corrected chi connectivity index (χ3v) is 3.37. The number of hydrogen-bond acceptors (Lipinski definition) is 0. The fourth-order valence-corrected chi connectivity index (χ4v) is 2.05. The van der Waals surface area contributed by atoms with Crippen LogP contribution in [0.4, 0.5) is 8.78 Å². The summed E-state index contributed by atoms with van der Waals surface area (Å²) < 4.78 is 25.3. The summed E-state index contributed by atoms with van der Waals surface area (Å²) in [6, 6.07) is 0. The quantitative estimate of drug-likeness (QED) is 0.621. The van der Waals surface area contributed by atoms with Gasteiger partial charge in [-0.15, -0.1) is 0 Å². The first-order valence-electron chi connectivity index (χ1n) is 5.25. The average molecular weight is 190 g/mol. The Morgan fingerprint density at radius 1 is 1.31 bits per heavy atom. The summed E-state index contributed by atoms with van der Waals surface area (Å²) >= 11 is 0. The van der Waals surface area contributed by atoms with E-state index in [1.807, 2.05) is 0 Å². The predicted molar refractivity (Wildman–Crippen MR) is 51.0 cm³/mol. The second kappa shape index (κ2) is 3.55. The van der Waals surface area contributed by atoms with Crippen LogP contribution in [0, 0.1) is 11.3 Å². The van der Waals surface area contributed by atoms with Gasteiger partial charge in [-0.1, -0.05) is 33.6 Å². The maximum Gasteiger partial charge on any atom is 0.248 e. The highest BCUT2D eigenvalue weighted by atomic mass is 19.3. The van der Waals surface area contributed by atoms with Gasteiger partial charge in [-0.05, 0) is 17.8 Å². The van der Waals surface area contributed by atoms with Gasteiger partial charge in [0.1, 0.15) is 0 Å². The molecule has 2 heteroatoms. The zero-order chi connectivity index (χ0) is 10.1. The highest BCUT2D eigenvalue weighted by Gasteiger charge is 2.50. The van der Waals surface area contributed by atoms with Crippen LogP contribution in [0.1, 0.15) is 52.9 Å². The first-order valence-corrected chi connectivity index (χ1v) is 5.25. The van der Waals surface area contributed by atoms with E-state index in [4.69, 9.17) is 0 Å². The largest absolute Gasteiger partial charge is 0.248 e. The fourth-order valence-electron chi connectivity index (χ4n) is 2.05. The van der Waals surface area contributed by atoms with Crippen LogP contribution in [0.5, 0.6) is 0 Å². The maximum atomic E-state index is 12.6. The van der Waals surface area contributed by atoms with Crippen molar-refractivity contribution < 1.29 is 8.78 Å². The highest BCUT2D eigenvalue weighted by molar-refractivity contribution is 4.93. The molecular formula is C11H20F2. The van der Waals surface area contributed by atoms with Gasteiger partial charge in [0.05, 0.1) is 0 Å². The molecule has 1 rings (SSSR count). The third-order valence-electron chi connectivity index (χ3n) is 3.37. The summed E-state index contributed by atoms with van der Waals surface area (Å²) in [7, 11) is 0. The molecule has 0 aromatic carbocycles. The molecule has 0 aromatic rings. The van der Waals surface area contributed by atoms with Crippen molar-refractivity contribution in [2.24, 2.45) is 11.3 Å². The van der Waals surface area contributed by atoms with E-state index in [0.29, 0.717) is 0 Å². The zero-order valence-corrected chi connectivity index (χ0v) is 8.87. The Morgan fingerprint density at radius 3 is 2.23 bits per heavy atom. The minimum Gasteiger partial charge on any atom is -0.207 e. The molecule has 0 saturated heterocycles. The van der Waals surface area contributed by atoms with Crippen LogP contribution < -0.4 is 0 Å². The summed E-state index contributed by atoms with van der Waals surface area (Å²) in [5.41, 5.74) is 0.123. The van der Waals surface area contributed by atoms with E-state index >= 15 is 0 Å². The van der Waals surface area contributed by atoms with Crippen molar-refractivity contribution in [3.05, 3.63) is 0 Å². The standard InChI is InChI=1S/C11H20F2/c1-4-5-6-10(2,3)9-7-11(12,13)8-9/h9H,4-8H2,1-3H3. The molecule has 0 nitrogen and oxygen atoms in total. The van der Waals surface area contributed by atoms with Crippen LogP contribution in [-0.4, -0.2) is 5.92 Å². The summed E-state index contributed by atoms with van der Waals surface area (Å²) in [5, 5.41) is 0. The van der Waals surface area contributed by atoms with E-state index in [0.717, 1.165) is 19.3 Å². The van der Waals surface area contributed by atoms with E-state index in [1.165, 1.54) is 0 Å². The molecule has 1 aliphatic carbocycles. The normalized spacial score (nSPS) is 22.8. The lowest BCUT2D eigenvalue weighted by atomic mass is 9.63. The van der Waals surface area contributed by atoms with Crippen molar-refractivity contribution in [2.45, 2.75) is 58.8 Å². The monoisotopic (exact) mass is 190 g/mol. The summed E-state index contributed by atoms with van der Waals surface area (Å²) in [6.45, 7) is 6.40. The van der Waals surface area contributed by atoms with E-state index in [-0.39, 0.29) is 24.2 Å². The van der Waals surface area contributed by atoms with Crippen molar-refractivity contribution in [1.29, 1.82) is 0 Å². The van der Waals surface area contributed by atoms with Gasteiger partial charge in [0.25, 0.3) is 0 Å². The van der Waals surface area contributed by atoms with Gasteiger partial charge in [0, 0.05) is 12.8 Å². The van der Waals surface area contributed by atoms with Gasteiger partial charge in [0.2, 0.25) is 5.92 Å². The lowest BCUT2D eigenvalue weighted by molar-refractivity contribution is -0.143. The second-order valence-corrected chi connectivity index (χ2v) is 5.05. The van der Waals surface area contributed by atoms with Crippen LogP contribution in [0.15, 0.2) is 0 Å². The van der Waals surface area contributed by atoms with Crippen LogP contribution in [0.25, 0.3) is 0 Å². The Balaban J connectivity index is 2.35. The average Bonchev–Trinajstić information content (AvgIpc) is 1.96. The highest BCUT2D eigenvalue weighted by Crippen LogP contribution is 2.52. The van der Waals surface area contributed by atoms with Crippen molar-refractivity contribution in [3.63, 3.8) is 0 Å². The van der Waals surface area contributed by atoms with Gasteiger partial charge < -0.3 is 0 Å². The Labute approximate surface area is 79.7 Å². The molecule has 0 spiro atoms. The van der Waals surface area contributed by atoms with Crippen molar-refractivity contribution in [1.82, 2.24) is 0 Å². The SMILES string of the molecule is CCCCC(C)(C)C1CC(F)(F)C1. The molecule has 1 fully saturated rings. The van der Waals surface area contributed by atoms with Crippen molar-refractivity contribution in [2.75, 3.05) is 0 Å². The molecule has 0 heterocycles. The van der Waals surface area contributed by atoms with Crippen LogP contribution in [-0.2, 0) is 0 Å². The van der Waals surface area contributed by atoms with Crippen molar-refractivity contribution in [3.8, 4) is 0 Å². The Bertz CT molecular complexity index is 165. The number of unbranched alkanes of at least 4 members (excludes halogenated alkanes) is 1. The molecule has 0 bridgehead atoms. The van der Waals surface area contributed by atoms with Crippen LogP contribution in [0.3, 0.4) is 0 Å². The second-order valence-electron chi connectivity index (χ2n) is 5.05. The number of rotatable bonds is 4. The first kappa shape index (κ1) is 10.9. The van der Waals surface area contributed by atoms with Gasteiger partial charge in [-0.3, -0.25) is 0 Å². The zero-order valence-electron chi connectivity index (χ0n) is 8.87. The molecule has 0 aromatic heterocycles. The molecule has 1 saturated carbocycles. The van der Waals surface area contributed by atoms with Gasteiger partial charge in [0.15, 0.2) is 0 Å². The van der Waals surface area contributed by atoms with E-state index < -0.39 is 5.92 Å². The number of hydrogen-bond donors (Lipinski definition) is 0. The molecule has 0 amide bonds. The van der Waals surface area contributed by atoms with E-state index in [2.05, 4.69) is 20.8 Å². The fraction of sp³-hybridized carbons (Fsp3) is 1.00. The van der Waals surface area contributed by atoms with Gasteiger partial charge >= 0.3 is 0 Å². The Kier molecular flexibility index (Phi) is 2.98. The predicted octanol–water partition coefficient (Wildman–Crippen LogP) is 4.25. The Hall–Kier alpha value is -0.140. The topological polar surface area (TPSA) is 0 Å². The molecule has 13 heavy (non-hydrogen) atoms. The summed E-state index contributed by atoms with van der Waals surface area (Å²) in [5.74, 6) is -2.11.